The minimum Gasteiger partial charge on any atom is -0.312 e. The van der Waals surface area contributed by atoms with Gasteiger partial charge in [0.1, 0.15) is 0 Å². The van der Waals surface area contributed by atoms with E-state index in [1.165, 1.54) is 22.4 Å². The van der Waals surface area contributed by atoms with Gasteiger partial charge in [-0.3, -0.25) is 0 Å². The van der Waals surface area contributed by atoms with Crippen LogP contribution in [0.4, 0.5) is 0 Å². The lowest BCUT2D eigenvalue weighted by atomic mass is 10.1. The summed E-state index contributed by atoms with van der Waals surface area (Å²) in [6, 6.07) is 10.4. The summed E-state index contributed by atoms with van der Waals surface area (Å²) in [7, 11) is 0. The van der Waals surface area contributed by atoms with Crippen LogP contribution in [0.2, 0.25) is 0 Å². The van der Waals surface area contributed by atoms with E-state index in [0.29, 0.717) is 0 Å². The molecule has 0 saturated heterocycles. The lowest BCUT2D eigenvalue weighted by Gasteiger charge is -2.16. The first kappa shape index (κ1) is 11.6. The van der Waals surface area contributed by atoms with Crippen LogP contribution in [0.5, 0.6) is 0 Å². The fraction of sp³-hybridized carbons (Fsp3) is 0.250. The Labute approximate surface area is 117 Å². The van der Waals surface area contributed by atoms with Gasteiger partial charge in [-0.25, -0.2) is 9.50 Å². The van der Waals surface area contributed by atoms with Crippen molar-refractivity contribution >= 4 is 5.65 Å². The van der Waals surface area contributed by atoms with Crippen molar-refractivity contribution in [2.45, 2.75) is 19.9 Å². The summed E-state index contributed by atoms with van der Waals surface area (Å²) in [4.78, 5) is 4.53. The molecule has 1 N–H and O–H groups in total. The average molecular weight is 264 g/mol. The molecule has 20 heavy (non-hydrogen) atoms. The van der Waals surface area contributed by atoms with Gasteiger partial charge in [0.2, 0.25) is 0 Å². The molecule has 0 spiro atoms. The number of fused-ring (bicyclic) bond motifs is 3. The summed E-state index contributed by atoms with van der Waals surface area (Å²) in [6.45, 7) is 4.01. The molecule has 4 rings (SSSR count). The third-order valence-electron chi connectivity index (χ3n) is 3.94. The lowest BCUT2D eigenvalue weighted by Crippen LogP contribution is -2.26. The molecule has 3 aromatic rings. The van der Waals surface area contributed by atoms with Crippen molar-refractivity contribution in [2.24, 2.45) is 0 Å². The predicted octanol–water partition coefficient (Wildman–Crippen LogP) is 2.35. The van der Waals surface area contributed by atoms with Gasteiger partial charge in [-0.2, -0.15) is 5.10 Å². The molecule has 1 aromatic carbocycles. The second-order valence-corrected chi connectivity index (χ2v) is 5.27. The topological polar surface area (TPSA) is 42.2 Å². The largest absolute Gasteiger partial charge is 0.312 e. The van der Waals surface area contributed by atoms with Crippen molar-refractivity contribution in [3.8, 4) is 11.3 Å². The van der Waals surface area contributed by atoms with E-state index in [1.54, 1.807) is 0 Å². The van der Waals surface area contributed by atoms with Crippen LogP contribution in [0.1, 0.15) is 16.8 Å². The molecule has 100 valence electrons. The summed E-state index contributed by atoms with van der Waals surface area (Å²) in [6.07, 6.45) is 2.98. The van der Waals surface area contributed by atoms with E-state index < -0.39 is 0 Å². The molecule has 0 amide bonds. The van der Waals surface area contributed by atoms with Gasteiger partial charge in [-0.05, 0) is 12.5 Å². The summed E-state index contributed by atoms with van der Waals surface area (Å²) in [5.41, 5.74) is 6.90. The molecular formula is C16H16N4. The number of aryl methyl sites for hydroxylation is 1. The van der Waals surface area contributed by atoms with Crippen LogP contribution in [-0.2, 0) is 13.0 Å². The summed E-state index contributed by atoms with van der Waals surface area (Å²) >= 11 is 0. The lowest BCUT2D eigenvalue weighted by molar-refractivity contribution is 0.610. The van der Waals surface area contributed by atoms with Crippen molar-refractivity contribution in [2.75, 3.05) is 6.54 Å². The first-order chi connectivity index (χ1) is 9.83. The number of hydrogen-bond donors (Lipinski definition) is 1. The van der Waals surface area contributed by atoms with Crippen LogP contribution >= 0.6 is 0 Å². The van der Waals surface area contributed by atoms with Crippen LogP contribution in [0.3, 0.4) is 0 Å². The van der Waals surface area contributed by atoms with Crippen LogP contribution in [0.25, 0.3) is 16.9 Å². The van der Waals surface area contributed by atoms with Gasteiger partial charge in [0.15, 0.2) is 5.65 Å². The molecule has 4 nitrogen and oxygen atoms in total. The smallest absolute Gasteiger partial charge is 0.155 e. The van der Waals surface area contributed by atoms with Crippen LogP contribution in [0, 0.1) is 6.92 Å². The highest BCUT2D eigenvalue weighted by Crippen LogP contribution is 2.24. The highest BCUT2D eigenvalue weighted by atomic mass is 15.3. The zero-order valence-electron chi connectivity index (χ0n) is 11.4. The number of hydrogen-bond acceptors (Lipinski definition) is 3. The Kier molecular flexibility index (Phi) is 2.57. The Morgan fingerprint density at radius 3 is 3.05 bits per heavy atom. The van der Waals surface area contributed by atoms with Crippen molar-refractivity contribution in [3.63, 3.8) is 0 Å². The Hall–Kier alpha value is -2.20. The van der Waals surface area contributed by atoms with Crippen LogP contribution in [-0.4, -0.2) is 21.1 Å². The Morgan fingerprint density at radius 2 is 2.15 bits per heavy atom. The highest BCUT2D eigenvalue weighted by Gasteiger charge is 2.15. The van der Waals surface area contributed by atoms with Gasteiger partial charge < -0.3 is 5.32 Å². The predicted molar refractivity (Wildman–Crippen MR) is 78.6 cm³/mol. The Bertz CT molecular complexity index is 788. The van der Waals surface area contributed by atoms with Gasteiger partial charge in [-0.15, -0.1) is 0 Å². The third kappa shape index (κ3) is 1.72. The summed E-state index contributed by atoms with van der Waals surface area (Å²) < 4.78 is 2.01. The number of nitrogens with zero attached hydrogens (tertiary/aromatic N) is 3. The average Bonchev–Trinajstić information content (AvgIpc) is 2.92. The van der Waals surface area contributed by atoms with Gasteiger partial charge in [0.05, 0.1) is 11.4 Å². The fourth-order valence-electron chi connectivity index (χ4n) is 2.85. The van der Waals surface area contributed by atoms with E-state index in [9.17, 15) is 0 Å². The third-order valence-corrected chi connectivity index (χ3v) is 3.94. The second-order valence-electron chi connectivity index (χ2n) is 5.27. The molecule has 0 unspecified atom stereocenters. The quantitative estimate of drug-likeness (QED) is 0.733. The van der Waals surface area contributed by atoms with E-state index >= 15 is 0 Å². The minimum atomic E-state index is 0.887. The van der Waals surface area contributed by atoms with E-state index in [0.717, 1.165) is 30.9 Å². The number of nitrogens with one attached hydrogen (secondary N) is 1. The monoisotopic (exact) mass is 264 g/mol. The Morgan fingerprint density at radius 1 is 1.25 bits per heavy atom. The maximum atomic E-state index is 4.78. The van der Waals surface area contributed by atoms with Crippen molar-refractivity contribution in [1.82, 2.24) is 19.9 Å². The molecule has 1 aliphatic rings. The zero-order chi connectivity index (χ0) is 13.5. The first-order valence-electron chi connectivity index (χ1n) is 6.96. The molecule has 3 heterocycles. The summed E-state index contributed by atoms with van der Waals surface area (Å²) in [5.74, 6) is 0. The van der Waals surface area contributed by atoms with Gasteiger partial charge >= 0.3 is 0 Å². The molecule has 0 saturated carbocycles. The second kappa shape index (κ2) is 4.42. The van der Waals surface area contributed by atoms with E-state index in [-0.39, 0.29) is 0 Å². The van der Waals surface area contributed by atoms with E-state index in [2.05, 4.69) is 47.6 Å². The zero-order valence-corrected chi connectivity index (χ0v) is 11.4. The first-order valence-corrected chi connectivity index (χ1v) is 6.96. The van der Waals surface area contributed by atoms with E-state index in [1.807, 2.05) is 10.7 Å². The molecule has 1 aliphatic heterocycles. The maximum absolute atomic E-state index is 4.78. The molecule has 0 bridgehead atoms. The minimum absolute atomic E-state index is 0.887. The van der Waals surface area contributed by atoms with Gasteiger partial charge in [0, 0.05) is 42.9 Å². The number of aromatic nitrogens is 3. The normalized spacial score (nSPS) is 14.4. The molecule has 0 radical (unpaired) electrons. The fourth-order valence-corrected chi connectivity index (χ4v) is 2.85. The van der Waals surface area contributed by atoms with Crippen LogP contribution < -0.4 is 5.32 Å². The SMILES string of the molecule is Cc1ccccc1-c1cc2ncc3c(n2n1)CCNC3. The van der Waals surface area contributed by atoms with Gasteiger partial charge in [-0.1, -0.05) is 24.3 Å². The van der Waals surface area contributed by atoms with Crippen LogP contribution in [0.15, 0.2) is 36.5 Å². The van der Waals surface area contributed by atoms with E-state index in [4.69, 9.17) is 5.10 Å². The number of rotatable bonds is 1. The molecule has 2 aromatic heterocycles. The molecule has 4 heteroatoms. The maximum Gasteiger partial charge on any atom is 0.155 e. The highest BCUT2D eigenvalue weighted by molar-refractivity contribution is 5.67. The van der Waals surface area contributed by atoms with Crippen molar-refractivity contribution < 1.29 is 0 Å². The van der Waals surface area contributed by atoms with Crippen molar-refractivity contribution in [1.29, 1.82) is 0 Å². The standard InChI is InChI=1S/C16H16N4/c1-11-4-2-3-5-13(11)14-8-16-18-10-12-9-17-7-6-15(12)20(16)19-14/h2-5,8,10,17H,6-7,9H2,1H3. The van der Waals surface area contributed by atoms with Crippen molar-refractivity contribution in [3.05, 3.63) is 53.3 Å². The van der Waals surface area contributed by atoms with Gasteiger partial charge in [0.25, 0.3) is 0 Å². The Balaban J connectivity index is 1.93. The summed E-state index contributed by atoms with van der Waals surface area (Å²) in [5, 5.41) is 8.16. The molecule has 0 fully saturated rings. The molecular weight excluding hydrogens is 248 g/mol. The number of benzene rings is 1. The molecule has 0 aliphatic carbocycles. The molecule has 0 atom stereocenters.